The second-order valence-electron chi connectivity index (χ2n) is 6.32. The smallest absolute Gasteiger partial charge is 0.246 e. The van der Waals surface area contributed by atoms with E-state index in [1.54, 1.807) is 7.11 Å². The highest BCUT2D eigenvalue weighted by atomic mass is 127. The predicted octanol–water partition coefficient (Wildman–Crippen LogP) is 2.96. The minimum absolute atomic E-state index is 0. The van der Waals surface area contributed by atoms with Crippen LogP contribution >= 0.6 is 24.0 Å². The Kier molecular flexibility index (Phi) is 8.56. The number of guanidine groups is 1. The zero-order valence-electron chi connectivity index (χ0n) is 16.3. The number of hydrogen-bond donors (Lipinski definition) is 2. The first kappa shape index (κ1) is 22.0. The van der Waals surface area contributed by atoms with Gasteiger partial charge < -0.3 is 20.3 Å². The van der Waals surface area contributed by atoms with Crippen molar-refractivity contribution in [3.8, 4) is 5.75 Å². The number of nitrogens with one attached hydrogen (secondary N) is 2. The fourth-order valence-corrected chi connectivity index (χ4v) is 3.13. The van der Waals surface area contributed by atoms with Crippen LogP contribution in [0.5, 0.6) is 5.75 Å². The van der Waals surface area contributed by atoms with E-state index >= 15 is 0 Å². The first-order valence-electron chi connectivity index (χ1n) is 9.24. The molecule has 1 aliphatic heterocycles. The van der Waals surface area contributed by atoms with Crippen LogP contribution in [0.15, 0.2) is 53.5 Å². The second-order valence-corrected chi connectivity index (χ2v) is 6.32. The number of fused-ring (bicyclic) bond motifs is 1. The minimum atomic E-state index is 0. The molecule has 7 heteroatoms. The average Bonchev–Trinajstić information content (AvgIpc) is 3.14. The van der Waals surface area contributed by atoms with Crippen LogP contribution in [-0.4, -0.2) is 38.6 Å². The van der Waals surface area contributed by atoms with E-state index in [0.29, 0.717) is 12.5 Å². The molecule has 0 unspecified atom stereocenters. The van der Waals surface area contributed by atoms with Crippen LogP contribution in [0.4, 0.5) is 5.69 Å². The Bertz CT molecular complexity index is 826. The van der Waals surface area contributed by atoms with Crippen molar-refractivity contribution in [2.24, 2.45) is 4.99 Å². The normalized spacial score (nSPS) is 12.8. The standard InChI is InChI=1S/C21H26N4O2.HI/c1-3-22-21(23-14-16-7-6-9-18(13-16)27-2)24-15-20(26)25-12-11-17-8-4-5-10-19(17)25;/h4-10,13H,3,11-12,14-15H2,1-2H3,(H2,22,23,24);1H. The van der Waals surface area contributed by atoms with Gasteiger partial charge in [-0.2, -0.15) is 0 Å². The Morgan fingerprint density at radius 1 is 1.18 bits per heavy atom. The van der Waals surface area contributed by atoms with Gasteiger partial charge >= 0.3 is 0 Å². The lowest BCUT2D eigenvalue weighted by molar-refractivity contribution is -0.117. The summed E-state index contributed by atoms with van der Waals surface area (Å²) in [5.41, 5.74) is 3.29. The van der Waals surface area contributed by atoms with Gasteiger partial charge in [-0.1, -0.05) is 30.3 Å². The number of anilines is 1. The molecule has 2 aromatic carbocycles. The van der Waals surface area contributed by atoms with Crippen LogP contribution in [0, 0.1) is 0 Å². The third-order valence-corrected chi connectivity index (χ3v) is 4.49. The van der Waals surface area contributed by atoms with Crippen molar-refractivity contribution < 1.29 is 9.53 Å². The van der Waals surface area contributed by atoms with Gasteiger partial charge in [0.05, 0.1) is 20.2 Å². The van der Waals surface area contributed by atoms with Crippen molar-refractivity contribution in [1.82, 2.24) is 10.6 Å². The number of carbonyl (C=O) groups is 1. The molecule has 1 aliphatic rings. The van der Waals surface area contributed by atoms with Gasteiger partial charge in [0.2, 0.25) is 5.91 Å². The molecule has 0 aliphatic carbocycles. The van der Waals surface area contributed by atoms with E-state index < -0.39 is 0 Å². The summed E-state index contributed by atoms with van der Waals surface area (Å²) in [4.78, 5) is 19.1. The second kappa shape index (κ2) is 10.9. The van der Waals surface area contributed by atoms with Crippen molar-refractivity contribution in [2.75, 3.05) is 31.6 Å². The molecule has 28 heavy (non-hydrogen) atoms. The first-order valence-corrected chi connectivity index (χ1v) is 9.24. The summed E-state index contributed by atoms with van der Waals surface area (Å²) < 4.78 is 5.24. The Morgan fingerprint density at radius 2 is 2.00 bits per heavy atom. The Morgan fingerprint density at radius 3 is 2.79 bits per heavy atom. The highest BCUT2D eigenvalue weighted by Crippen LogP contribution is 2.27. The number of hydrogen-bond acceptors (Lipinski definition) is 3. The predicted molar refractivity (Wildman–Crippen MR) is 124 cm³/mol. The Hall–Kier alpha value is -2.29. The fraction of sp³-hybridized carbons (Fsp3) is 0.333. The van der Waals surface area contributed by atoms with Gasteiger partial charge in [-0.25, -0.2) is 4.99 Å². The molecule has 2 aromatic rings. The summed E-state index contributed by atoms with van der Waals surface area (Å²) in [5.74, 6) is 1.48. The quantitative estimate of drug-likeness (QED) is 0.368. The van der Waals surface area contributed by atoms with E-state index in [0.717, 1.165) is 36.5 Å². The number of methoxy groups -OCH3 is 1. The maximum Gasteiger partial charge on any atom is 0.246 e. The molecule has 0 saturated carbocycles. The van der Waals surface area contributed by atoms with Crippen LogP contribution in [0.2, 0.25) is 0 Å². The van der Waals surface area contributed by atoms with Crippen molar-refractivity contribution in [3.63, 3.8) is 0 Å². The summed E-state index contributed by atoms with van der Waals surface area (Å²) in [5, 5.41) is 6.33. The molecule has 2 N–H and O–H groups in total. The van der Waals surface area contributed by atoms with Gasteiger partial charge in [-0.15, -0.1) is 24.0 Å². The lowest BCUT2D eigenvalue weighted by Crippen LogP contribution is -2.44. The van der Waals surface area contributed by atoms with E-state index in [2.05, 4.69) is 21.7 Å². The Balaban J connectivity index is 0.00000280. The number of ether oxygens (including phenoxy) is 1. The lowest BCUT2D eigenvalue weighted by Gasteiger charge is -2.18. The SMILES string of the molecule is CCNC(=NCc1cccc(OC)c1)NCC(=O)N1CCc2ccccc21.I. The minimum Gasteiger partial charge on any atom is -0.497 e. The van der Waals surface area contributed by atoms with Gasteiger partial charge in [0, 0.05) is 18.8 Å². The molecule has 3 rings (SSSR count). The molecule has 1 heterocycles. The molecule has 0 bridgehead atoms. The monoisotopic (exact) mass is 494 g/mol. The molecule has 0 aromatic heterocycles. The summed E-state index contributed by atoms with van der Waals surface area (Å²) >= 11 is 0. The average molecular weight is 494 g/mol. The highest BCUT2D eigenvalue weighted by molar-refractivity contribution is 14.0. The van der Waals surface area contributed by atoms with E-state index in [9.17, 15) is 4.79 Å². The summed E-state index contributed by atoms with van der Waals surface area (Å²) in [7, 11) is 1.65. The molecule has 150 valence electrons. The van der Waals surface area contributed by atoms with Gasteiger partial charge in [0.15, 0.2) is 5.96 Å². The van der Waals surface area contributed by atoms with Crippen LogP contribution < -0.4 is 20.3 Å². The zero-order chi connectivity index (χ0) is 19.1. The number of rotatable bonds is 6. The molecular formula is C21H27IN4O2. The summed E-state index contributed by atoms with van der Waals surface area (Å²) in [6, 6.07) is 15.9. The van der Waals surface area contributed by atoms with Gasteiger partial charge in [-0.3, -0.25) is 4.79 Å². The molecule has 0 radical (unpaired) electrons. The number of halogens is 1. The van der Waals surface area contributed by atoms with Crippen molar-refractivity contribution in [3.05, 3.63) is 59.7 Å². The topological polar surface area (TPSA) is 66.0 Å². The fourth-order valence-electron chi connectivity index (χ4n) is 3.13. The van der Waals surface area contributed by atoms with Crippen LogP contribution in [0.1, 0.15) is 18.1 Å². The largest absolute Gasteiger partial charge is 0.497 e. The molecule has 0 saturated heterocycles. The number of aliphatic imine (C=N–C) groups is 1. The van der Waals surface area contributed by atoms with E-state index in [-0.39, 0.29) is 36.4 Å². The number of para-hydroxylation sites is 1. The van der Waals surface area contributed by atoms with Crippen molar-refractivity contribution in [1.29, 1.82) is 0 Å². The van der Waals surface area contributed by atoms with Gasteiger partial charge in [-0.05, 0) is 42.7 Å². The molecule has 6 nitrogen and oxygen atoms in total. The van der Waals surface area contributed by atoms with Crippen LogP contribution in [0.25, 0.3) is 0 Å². The number of amides is 1. The zero-order valence-corrected chi connectivity index (χ0v) is 18.6. The lowest BCUT2D eigenvalue weighted by atomic mass is 10.2. The summed E-state index contributed by atoms with van der Waals surface area (Å²) in [6.07, 6.45) is 0.909. The van der Waals surface area contributed by atoms with Crippen LogP contribution in [0.3, 0.4) is 0 Å². The van der Waals surface area contributed by atoms with E-state index in [1.807, 2.05) is 54.3 Å². The summed E-state index contributed by atoms with van der Waals surface area (Å²) in [6.45, 7) is 4.18. The number of benzene rings is 2. The highest BCUT2D eigenvalue weighted by Gasteiger charge is 2.23. The molecule has 1 amide bonds. The maximum absolute atomic E-state index is 12.6. The molecular weight excluding hydrogens is 467 g/mol. The molecule has 0 spiro atoms. The third-order valence-electron chi connectivity index (χ3n) is 4.49. The number of nitrogens with zero attached hydrogens (tertiary/aromatic N) is 2. The van der Waals surface area contributed by atoms with Crippen molar-refractivity contribution in [2.45, 2.75) is 19.9 Å². The van der Waals surface area contributed by atoms with Gasteiger partial charge in [0.1, 0.15) is 5.75 Å². The van der Waals surface area contributed by atoms with E-state index in [1.165, 1.54) is 5.56 Å². The van der Waals surface area contributed by atoms with Gasteiger partial charge in [0.25, 0.3) is 0 Å². The number of carbonyl (C=O) groups excluding carboxylic acids is 1. The molecule has 0 atom stereocenters. The van der Waals surface area contributed by atoms with E-state index in [4.69, 9.17) is 4.74 Å². The maximum atomic E-state index is 12.6. The van der Waals surface area contributed by atoms with Crippen LogP contribution in [-0.2, 0) is 17.8 Å². The first-order chi connectivity index (χ1) is 13.2. The Labute approximate surface area is 183 Å². The van der Waals surface area contributed by atoms with Crippen molar-refractivity contribution >= 4 is 41.5 Å². The third kappa shape index (κ3) is 5.60. The molecule has 0 fully saturated rings.